The summed E-state index contributed by atoms with van der Waals surface area (Å²) < 4.78 is 32.8. The van der Waals surface area contributed by atoms with Crippen molar-refractivity contribution in [2.75, 3.05) is 0 Å². The fourth-order valence-corrected chi connectivity index (χ4v) is 4.30. The van der Waals surface area contributed by atoms with Gasteiger partial charge in [0, 0.05) is 6.04 Å². The minimum absolute atomic E-state index is 0.0792. The van der Waals surface area contributed by atoms with Crippen LogP contribution in [-0.4, -0.2) is 30.5 Å². The van der Waals surface area contributed by atoms with Gasteiger partial charge in [0.05, 0.1) is 4.90 Å². The molecular weight excluding hydrogens is 374 g/mol. The van der Waals surface area contributed by atoms with Gasteiger partial charge in [-0.15, -0.1) is 0 Å². The van der Waals surface area contributed by atoms with Crippen LogP contribution in [0.5, 0.6) is 0 Å². The summed E-state index contributed by atoms with van der Waals surface area (Å²) in [4.78, 5) is 12.9. The zero-order valence-corrected chi connectivity index (χ0v) is 18.0. The van der Waals surface area contributed by atoms with E-state index in [0.717, 1.165) is 15.4 Å². The molecule has 1 amide bonds. The Hall–Kier alpha value is -2.34. The molecule has 0 saturated heterocycles. The lowest BCUT2D eigenvalue weighted by molar-refractivity contribution is 0.0343. The quantitative estimate of drug-likeness (QED) is 0.685. The fourth-order valence-electron chi connectivity index (χ4n) is 2.78. The highest BCUT2D eigenvalue weighted by molar-refractivity contribution is 7.89. The molecule has 152 valence electrons. The number of benzene rings is 2. The summed E-state index contributed by atoms with van der Waals surface area (Å²) in [6.45, 7) is 8.77. The van der Waals surface area contributed by atoms with Crippen molar-refractivity contribution in [1.82, 2.24) is 4.31 Å². The molecule has 0 spiro atoms. The first-order chi connectivity index (χ1) is 13.0. The van der Waals surface area contributed by atoms with Crippen molar-refractivity contribution < 1.29 is 17.9 Å². The maximum absolute atomic E-state index is 13.2. The fraction of sp³-hybridized carbons (Fsp3) is 0.409. The van der Waals surface area contributed by atoms with Gasteiger partial charge in [-0.1, -0.05) is 48.0 Å². The van der Waals surface area contributed by atoms with Crippen LogP contribution in [0.25, 0.3) is 0 Å². The van der Waals surface area contributed by atoms with Crippen LogP contribution in [0.15, 0.2) is 59.5 Å². The smallest absolute Gasteiger partial charge is 0.424 e. The van der Waals surface area contributed by atoms with E-state index in [1.165, 1.54) is 12.1 Å². The topological polar surface area (TPSA) is 63.7 Å². The minimum atomic E-state index is -4.03. The molecule has 1 atom stereocenters. The molecular formula is C22H29NO4S. The molecule has 6 heteroatoms. The van der Waals surface area contributed by atoms with Crippen molar-refractivity contribution in [3.05, 3.63) is 65.7 Å². The summed E-state index contributed by atoms with van der Waals surface area (Å²) in [5.41, 5.74) is 1.24. The SMILES string of the molecule is Cc1ccc(S(=O)(=O)N(C(=O)OC(C)(C)C)C(C)CCc2ccccc2)cc1. The van der Waals surface area contributed by atoms with Crippen LogP contribution in [0.4, 0.5) is 4.79 Å². The zero-order valence-electron chi connectivity index (χ0n) is 17.2. The number of hydrogen-bond donors (Lipinski definition) is 0. The number of amides is 1. The first kappa shape index (κ1) is 22.0. The summed E-state index contributed by atoms with van der Waals surface area (Å²) >= 11 is 0. The highest BCUT2D eigenvalue weighted by Gasteiger charge is 2.36. The molecule has 0 aliphatic rings. The lowest BCUT2D eigenvalue weighted by atomic mass is 10.1. The van der Waals surface area contributed by atoms with Gasteiger partial charge in [-0.25, -0.2) is 13.2 Å². The van der Waals surface area contributed by atoms with Crippen molar-refractivity contribution in [3.8, 4) is 0 Å². The Morgan fingerprint density at radius 2 is 1.61 bits per heavy atom. The molecule has 0 aliphatic heterocycles. The zero-order chi connectivity index (χ0) is 20.9. The number of carbonyl (C=O) groups excluding carboxylic acids is 1. The van der Waals surface area contributed by atoms with E-state index < -0.39 is 27.8 Å². The molecule has 2 aromatic rings. The van der Waals surface area contributed by atoms with E-state index in [1.807, 2.05) is 37.3 Å². The normalized spacial score (nSPS) is 13.0. The van der Waals surface area contributed by atoms with Gasteiger partial charge >= 0.3 is 6.09 Å². The molecule has 1 unspecified atom stereocenters. The van der Waals surface area contributed by atoms with Gasteiger partial charge < -0.3 is 4.74 Å². The van der Waals surface area contributed by atoms with Crippen molar-refractivity contribution in [2.24, 2.45) is 0 Å². The van der Waals surface area contributed by atoms with Gasteiger partial charge in [0.15, 0.2) is 0 Å². The third-order valence-corrected chi connectivity index (χ3v) is 6.14. The second-order valence-electron chi connectivity index (χ2n) is 7.97. The number of aryl methyl sites for hydroxylation is 2. The summed E-state index contributed by atoms with van der Waals surface area (Å²) in [5.74, 6) is 0. The molecule has 2 rings (SSSR count). The summed E-state index contributed by atoms with van der Waals surface area (Å²) in [6, 6.07) is 15.7. The average molecular weight is 404 g/mol. The van der Waals surface area contributed by atoms with Crippen LogP contribution in [0.1, 0.15) is 45.2 Å². The second-order valence-corrected chi connectivity index (χ2v) is 9.78. The summed E-state index contributed by atoms with van der Waals surface area (Å²) in [6.07, 6.45) is 0.299. The van der Waals surface area contributed by atoms with Gasteiger partial charge in [0.1, 0.15) is 5.60 Å². The Kier molecular flexibility index (Phi) is 6.88. The first-order valence-corrected chi connectivity index (χ1v) is 10.8. The number of ether oxygens (including phenoxy) is 1. The van der Waals surface area contributed by atoms with Gasteiger partial charge in [-0.3, -0.25) is 0 Å². The van der Waals surface area contributed by atoms with E-state index in [9.17, 15) is 13.2 Å². The third-order valence-electron chi connectivity index (χ3n) is 4.25. The van der Waals surface area contributed by atoms with Gasteiger partial charge in [0.25, 0.3) is 10.0 Å². The lowest BCUT2D eigenvalue weighted by Gasteiger charge is -2.31. The Morgan fingerprint density at radius 1 is 1.04 bits per heavy atom. The first-order valence-electron chi connectivity index (χ1n) is 9.39. The van der Waals surface area contributed by atoms with E-state index in [-0.39, 0.29) is 4.90 Å². The predicted octanol–water partition coefficient (Wildman–Crippen LogP) is 4.94. The van der Waals surface area contributed by atoms with Crippen LogP contribution in [-0.2, 0) is 21.2 Å². The van der Waals surface area contributed by atoms with Crippen LogP contribution in [0, 0.1) is 6.92 Å². The van der Waals surface area contributed by atoms with Crippen LogP contribution in [0.2, 0.25) is 0 Å². The van der Waals surface area contributed by atoms with Crippen molar-refractivity contribution in [1.29, 1.82) is 0 Å². The number of sulfonamides is 1. The highest BCUT2D eigenvalue weighted by Crippen LogP contribution is 2.24. The van der Waals surface area contributed by atoms with E-state index in [0.29, 0.717) is 12.8 Å². The molecule has 0 heterocycles. The molecule has 0 fully saturated rings. The number of hydrogen-bond acceptors (Lipinski definition) is 4. The van der Waals surface area contributed by atoms with Crippen molar-refractivity contribution >= 4 is 16.1 Å². The number of nitrogens with zero attached hydrogens (tertiary/aromatic N) is 1. The Morgan fingerprint density at radius 3 is 2.14 bits per heavy atom. The standard InChI is InChI=1S/C22H29NO4S/c1-17-11-15-20(16-12-17)28(25,26)23(21(24)27-22(3,4)5)18(2)13-14-19-9-7-6-8-10-19/h6-12,15-16,18H,13-14H2,1-5H3. The van der Waals surface area contributed by atoms with Crippen LogP contribution < -0.4 is 0 Å². The molecule has 0 saturated carbocycles. The molecule has 0 radical (unpaired) electrons. The largest absolute Gasteiger partial charge is 0.443 e. The van der Waals surface area contributed by atoms with E-state index in [4.69, 9.17) is 4.74 Å². The lowest BCUT2D eigenvalue weighted by Crippen LogP contribution is -2.46. The van der Waals surface area contributed by atoms with E-state index in [1.54, 1.807) is 39.8 Å². The highest BCUT2D eigenvalue weighted by atomic mass is 32.2. The van der Waals surface area contributed by atoms with Gasteiger partial charge in [0.2, 0.25) is 0 Å². The molecule has 0 aromatic heterocycles. The van der Waals surface area contributed by atoms with Crippen molar-refractivity contribution in [2.45, 2.75) is 64.0 Å². The molecule has 0 aliphatic carbocycles. The average Bonchev–Trinajstić information content (AvgIpc) is 2.59. The monoisotopic (exact) mass is 403 g/mol. The minimum Gasteiger partial charge on any atom is -0.443 e. The third kappa shape index (κ3) is 5.83. The van der Waals surface area contributed by atoms with Crippen LogP contribution >= 0.6 is 0 Å². The Balaban J connectivity index is 2.32. The second kappa shape index (κ2) is 8.78. The maximum Gasteiger partial charge on any atom is 0.424 e. The predicted molar refractivity (Wildman–Crippen MR) is 111 cm³/mol. The Labute approximate surface area is 168 Å². The van der Waals surface area contributed by atoms with Crippen molar-refractivity contribution in [3.63, 3.8) is 0 Å². The number of carbonyl (C=O) groups is 1. The van der Waals surface area contributed by atoms with Gasteiger partial charge in [-0.05, 0) is 65.2 Å². The number of rotatable bonds is 6. The Bertz CT molecular complexity index is 884. The molecule has 0 bridgehead atoms. The maximum atomic E-state index is 13.2. The van der Waals surface area contributed by atoms with E-state index >= 15 is 0 Å². The summed E-state index contributed by atoms with van der Waals surface area (Å²) in [7, 11) is -4.03. The molecule has 0 N–H and O–H groups in total. The van der Waals surface area contributed by atoms with Crippen LogP contribution in [0.3, 0.4) is 0 Å². The molecule has 2 aromatic carbocycles. The summed E-state index contributed by atoms with van der Waals surface area (Å²) in [5, 5.41) is 0. The molecule has 28 heavy (non-hydrogen) atoms. The van der Waals surface area contributed by atoms with E-state index in [2.05, 4.69) is 0 Å². The van der Waals surface area contributed by atoms with Gasteiger partial charge in [-0.2, -0.15) is 4.31 Å². The molecule has 5 nitrogen and oxygen atoms in total.